The monoisotopic (exact) mass is 258 g/mol. The van der Waals surface area contributed by atoms with E-state index < -0.39 is 0 Å². The van der Waals surface area contributed by atoms with E-state index in [4.69, 9.17) is 0 Å². The number of nitrogens with one attached hydrogen (secondary N) is 2. The molecule has 0 saturated heterocycles. The topological polar surface area (TPSA) is 61.0 Å². The standard InChI is InChI=1S/C14H18N4O/c1-15-13(11-6-4-3-5-7-11)14(19)18(2)10-12-8-9-16-17-12/h3-9,13,15H,10H2,1-2H3,(H,16,17). The Morgan fingerprint density at radius 1 is 1.37 bits per heavy atom. The van der Waals surface area contributed by atoms with E-state index in [0.717, 1.165) is 11.3 Å². The second-order valence-corrected chi connectivity index (χ2v) is 4.41. The predicted octanol–water partition coefficient (Wildman–Crippen LogP) is 1.33. The van der Waals surface area contributed by atoms with Crippen LogP contribution >= 0.6 is 0 Å². The molecule has 1 aromatic carbocycles. The molecule has 0 bridgehead atoms. The quantitative estimate of drug-likeness (QED) is 0.850. The average Bonchev–Trinajstić information content (AvgIpc) is 2.93. The highest BCUT2D eigenvalue weighted by Crippen LogP contribution is 2.15. The number of likely N-dealkylation sites (N-methyl/N-ethyl adjacent to an activating group) is 2. The molecule has 0 radical (unpaired) electrons. The fourth-order valence-corrected chi connectivity index (χ4v) is 2.00. The van der Waals surface area contributed by atoms with Crippen LogP contribution in [0.3, 0.4) is 0 Å². The van der Waals surface area contributed by atoms with Crippen molar-refractivity contribution in [3.05, 3.63) is 53.9 Å². The number of H-pyrrole nitrogens is 1. The average molecular weight is 258 g/mol. The van der Waals surface area contributed by atoms with Gasteiger partial charge in [-0.05, 0) is 18.7 Å². The summed E-state index contributed by atoms with van der Waals surface area (Å²) in [6, 6.07) is 11.2. The minimum atomic E-state index is -0.325. The van der Waals surface area contributed by atoms with Crippen molar-refractivity contribution in [2.45, 2.75) is 12.6 Å². The molecule has 1 atom stereocenters. The van der Waals surface area contributed by atoms with Gasteiger partial charge in [-0.2, -0.15) is 5.10 Å². The van der Waals surface area contributed by atoms with Crippen molar-refractivity contribution in [1.82, 2.24) is 20.4 Å². The lowest BCUT2D eigenvalue weighted by Crippen LogP contribution is -2.37. The van der Waals surface area contributed by atoms with Crippen molar-refractivity contribution in [3.63, 3.8) is 0 Å². The lowest BCUT2D eigenvalue weighted by Gasteiger charge is -2.23. The van der Waals surface area contributed by atoms with Crippen LogP contribution in [0.2, 0.25) is 0 Å². The summed E-state index contributed by atoms with van der Waals surface area (Å²) in [5, 5.41) is 9.80. The van der Waals surface area contributed by atoms with Gasteiger partial charge in [-0.3, -0.25) is 9.89 Å². The van der Waals surface area contributed by atoms with Crippen LogP contribution in [-0.4, -0.2) is 35.1 Å². The summed E-state index contributed by atoms with van der Waals surface area (Å²) in [5.41, 5.74) is 1.88. The van der Waals surface area contributed by atoms with Crippen LogP contribution in [0.25, 0.3) is 0 Å². The van der Waals surface area contributed by atoms with Crippen LogP contribution in [0.15, 0.2) is 42.6 Å². The molecule has 0 aliphatic heterocycles. The van der Waals surface area contributed by atoms with Gasteiger partial charge in [-0.15, -0.1) is 0 Å². The maximum absolute atomic E-state index is 12.4. The first-order valence-electron chi connectivity index (χ1n) is 6.18. The second kappa shape index (κ2) is 6.15. The van der Waals surface area contributed by atoms with Gasteiger partial charge in [-0.1, -0.05) is 30.3 Å². The number of nitrogens with zero attached hydrogens (tertiary/aromatic N) is 2. The molecule has 5 nitrogen and oxygen atoms in total. The molecule has 2 aromatic rings. The van der Waals surface area contributed by atoms with E-state index in [1.165, 1.54) is 0 Å². The summed E-state index contributed by atoms with van der Waals surface area (Å²) < 4.78 is 0. The summed E-state index contributed by atoms with van der Waals surface area (Å²) in [6.07, 6.45) is 1.68. The Hall–Kier alpha value is -2.14. The van der Waals surface area contributed by atoms with Crippen molar-refractivity contribution in [3.8, 4) is 0 Å². The van der Waals surface area contributed by atoms with E-state index in [9.17, 15) is 4.79 Å². The Kier molecular flexibility index (Phi) is 4.30. The molecule has 5 heteroatoms. The summed E-state index contributed by atoms with van der Waals surface area (Å²) in [4.78, 5) is 14.1. The van der Waals surface area contributed by atoms with Crippen LogP contribution in [0, 0.1) is 0 Å². The zero-order chi connectivity index (χ0) is 13.7. The first-order valence-corrected chi connectivity index (χ1v) is 6.18. The summed E-state index contributed by atoms with van der Waals surface area (Å²) in [6.45, 7) is 0.518. The van der Waals surface area contributed by atoms with Crippen molar-refractivity contribution >= 4 is 5.91 Å². The van der Waals surface area contributed by atoms with Crippen molar-refractivity contribution in [2.75, 3.05) is 14.1 Å². The smallest absolute Gasteiger partial charge is 0.244 e. The number of carbonyl (C=O) groups is 1. The highest BCUT2D eigenvalue weighted by atomic mass is 16.2. The zero-order valence-corrected chi connectivity index (χ0v) is 11.1. The Bertz CT molecular complexity index is 510. The molecule has 0 fully saturated rings. The van der Waals surface area contributed by atoms with Gasteiger partial charge in [0.25, 0.3) is 0 Å². The molecule has 1 unspecified atom stereocenters. The first-order chi connectivity index (χ1) is 9.22. The predicted molar refractivity (Wildman–Crippen MR) is 73.3 cm³/mol. The van der Waals surface area contributed by atoms with E-state index in [0.29, 0.717) is 6.54 Å². The number of amides is 1. The number of hydrogen-bond donors (Lipinski definition) is 2. The zero-order valence-electron chi connectivity index (χ0n) is 11.1. The largest absolute Gasteiger partial charge is 0.338 e. The molecular formula is C14H18N4O. The number of benzene rings is 1. The summed E-state index contributed by atoms with van der Waals surface area (Å²) >= 11 is 0. The highest BCUT2D eigenvalue weighted by molar-refractivity contribution is 5.83. The highest BCUT2D eigenvalue weighted by Gasteiger charge is 2.22. The second-order valence-electron chi connectivity index (χ2n) is 4.41. The van der Waals surface area contributed by atoms with Gasteiger partial charge in [0.2, 0.25) is 5.91 Å². The fourth-order valence-electron chi connectivity index (χ4n) is 2.00. The van der Waals surface area contributed by atoms with Crippen LogP contribution in [0.5, 0.6) is 0 Å². The number of hydrogen-bond acceptors (Lipinski definition) is 3. The Balaban J connectivity index is 2.08. The SMILES string of the molecule is CNC(C(=O)N(C)Cc1ccn[nH]1)c1ccccc1. The molecule has 1 aromatic heterocycles. The van der Waals surface area contributed by atoms with Crippen LogP contribution < -0.4 is 5.32 Å². The minimum Gasteiger partial charge on any atom is -0.338 e. The third-order valence-corrected chi connectivity index (χ3v) is 3.01. The molecule has 0 aliphatic carbocycles. The minimum absolute atomic E-state index is 0.0308. The number of aromatic nitrogens is 2. The number of aromatic amines is 1. The lowest BCUT2D eigenvalue weighted by atomic mass is 10.1. The first kappa shape index (κ1) is 13.3. The normalized spacial score (nSPS) is 12.1. The van der Waals surface area contributed by atoms with Gasteiger partial charge in [0.05, 0.1) is 12.2 Å². The Labute approximate surface area is 112 Å². The molecule has 100 valence electrons. The lowest BCUT2D eigenvalue weighted by molar-refractivity contribution is -0.132. The summed E-state index contributed by atoms with van der Waals surface area (Å²) in [7, 11) is 3.58. The number of rotatable bonds is 5. The molecule has 0 spiro atoms. The third kappa shape index (κ3) is 3.20. The van der Waals surface area contributed by atoms with Gasteiger partial charge in [0.15, 0.2) is 0 Å². The molecular weight excluding hydrogens is 240 g/mol. The molecule has 0 aliphatic rings. The van der Waals surface area contributed by atoms with Crippen molar-refractivity contribution < 1.29 is 4.79 Å². The molecule has 2 N–H and O–H groups in total. The van der Waals surface area contributed by atoms with E-state index in [-0.39, 0.29) is 11.9 Å². The Morgan fingerprint density at radius 3 is 2.68 bits per heavy atom. The molecule has 19 heavy (non-hydrogen) atoms. The molecule has 1 heterocycles. The maximum Gasteiger partial charge on any atom is 0.244 e. The van der Waals surface area contributed by atoms with Gasteiger partial charge in [0, 0.05) is 13.2 Å². The molecule has 2 rings (SSSR count). The maximum atomic E-state index is 12.4. The fraction of sp³-hybridized carbons (Fsp3) is 0.286. The summed E-state index contributed by atoms with van der Waals surface area (Å²) in [5.74, 6) is 0.0308. The van der Waals surface area contributed by atoms with E-state index in [1.54, 1.807) is 25.2 Å². The van der Waals surface area contributed by atoms with Crippen molar-refractivity contribution in [1.29, 1.82) is 0 Å². The van der Waals surface area contributed by atoms with Crippen LogP contribution in [0.1, 0.15) is 17.3 Å². The van der Waals surface area contributed by atoms with Crippen LogP contribution in [-0.2, 0) is 11.3 Å². The third-order valence-electron chi connectivity index (χ3n) is 3.01. The van der Waals surface area contributed by atoms with E-state index in [1.807, 2.05) is 36.4 Å². The van der Waals surface area contributed by atoms with E-state index in [2.05, 4.69) is 15.5 Å². The van der Waals surface area contributed by atoms with Gasteiger partial charge in [0.1, 0.15) is 6.04 Å². The van der Waals surface area contributed by atoms with Gasteiger partial charge < -0.3 is 10.2 Å². The van der Waals surface area contributed by atoms with Gasteiger partial charge in [-0.25, -0.2) is 0 Å². The van der Waals surface area contributed by atoms with Gasteiger partial charge >= 0.3 is 0 Å². The number of carbonyl (C=O) groups excluding carboxylic acids is 1. The Morgan fingerprint density at radius 2 is 2.11 bits per heavy atom. The molecule has 0 saturated carbocycles. The van der Waals surface area contributed by atoms with Crippen molar-refractivity contribution in [2.24, 2.45) is 0 Å². The van der Waals surface area contributed by atoms with E-state index >= 15 is 0 Å². The molecule has 1 amide bonds. The van der Waals surface area contributed by atoms with Crippen LogP contribution in [0.4, 0.5) is 0 Å².